The van der Waals surface area contributed by atoms with E-state index in [2.05, 4.69) is 16.9 Å². The summed E-state index contributed by atoms with van der Waals surface area (Å²) in [5, 5.41) is 9.84. The molecule has 3 rings (SSSR count). The van der Waals surface area contributed by atoms with E-state index in [1.165, 1.54) is 28.9 Å². The van der Waals surface area contributed by atoms with E-state index in [4.69, 9.17) is 0 Å². The van der Waals surface area contributed by atoms with Crippen molar-refractivity contribution in [3.63, 3.8) is 0 Å². The van der Waals surface area contributed by atoms with Crippen molar-refractivity contribution in [3.05, 3.63) is 70.5 Å². The predicted molar refractivity (Wildman–Crippen MR) is 102 cm³/mol. The molecule has 0 bridgehead atoms. The lowest BCUT2D eigenvalue weighted by Crippen LogP contribution is -2.36. The van der Waals surface area contributed by atoms with Crippen LogP contribution in [0.3, 0.4) is 0 Å². The van der Waals surface area contributed by atoms with Gasteiger partial charge in [0, 0.05) is 31.8 Å². The third-order valence-electron chi connectivity index (χ3n) is 4.63. The largest absolute Gasteiger partial charge is 0.504 e. The van der Waals surface area contributed by atoms with Gasteiger partial charge in [-0.3, -0.25) is 19.0 Å². The van der Waals surface area contributed by atoms with Crippen LogP contribution in [-0.4, -0.2) is 37.3 Å². The van der Waals surface area contributed by atoms with Crippen LogP contribution in [0.1, 0.15) is 48.1 Å². The number of aromatic nitrogens is 3. The summed E-state index contributed by atoms with van der Waals surface area (Å²) >= 11 is 0. The molecule has 0 aromatic carbocycles. The summed E-state index contributed by atoms with van der Waals surface area (Å²) < 4.78 is 1.18. The highest BCUT2D eigenvalue weighted by Crippen LogP contribution is 2.26. The lowest BCUT2D eigenvalue weighted by molar-refractivity contribution is 0.0717. The number of carbonyl (C=O) groups excluding carboxylic acids is 1. The van der Waals surface area contributed by atoms with E-state index in [-0.39, 0.29) is 23.0 Å². The fourth-order valence-corrected chi connectivity index (χ4v) is 3.12. The van der Waals surface area contributed by atoms with E-state index in [1.54, 1.807) is 24.3 Å². The molecule has 3 heterocycles. The molecule has 1 amide bonds. The van der Waals surface area contributed by atoms with Crippen LogP contribution in [0.25, 0.3) is 5.65 Å². The van der Waals surface area contributed by atoms with Gasteiger partial charge in [-0.2, -0.15) is 0 Å². The van der Waals surface area contributed by atoms with Gasteiger partial charge in [0.1, 0.15) is 5.56 Å². The highest BCUT2D eigenvalue weighted by molar-refractivity contribution is 5.94. The van der Waals surface area contributed by atoms with Crippen molar-refractivity contribution < 1.29 is 9.90 Å². The summed E-state index contributed by atoms with van der Waals surface area (Å²) in [4.78, 5) is 35.6. The van der Waals surface area contributed by atoms with Crippen LogP contribution in [-0.2, 0) is 0 Å². The summed E-state index contributed by atoms with van der Waals surface area (Å²) in [5.74, 6) is -0.520. The maximum absolute atomic E-state index is 13.1. The first-order chi connectivity index (χ1) is 13.0. The SMILES string of the molecule is CCCC[C@H](c1cccnc1)N(C)C(=O)c1cnc2c(O)cccn2c1=O. The number of fused-ring (bicyclic) bond motifs is 1. The second-order valence-corrected chi connectivity index (χ2v) is 6.42. The molecular weight excluding hydrogens is 344 g/mol. The van der Waals surface area contributed by atoms with Gasteiger partial charge < -0.3 is 10.0 Å². The second-order valence-electron chi connectivity index (χ2n) is 6.42. The first-order valence-electron chi connectivity index (χ1n) is 8.91. The molecule has 0 aliphatic heterocycles. The third kappa shape index (κ3) is 3.67. The molecule has 0 unspecified atom stereocenters. The van der Waals surface area contributed by atoms with Crippen molar-refractivity contribution >= 4 is 11.6 Å². The molecule has 3 aromatic rings. The molecule has 7 heteroatoms. The Morgan fingerprint density at radius 2 is 2.11 bits per heavy atom. The van der Waals surface area contributed by atoms with E-state index >= 15 is 0 Å². The van der Waals surface area contributed by atoms with Crippen LogP contribution in [0.4, 0.5) is 0 Å². The van der Waals surface area contributed by atoms with Crippen LogP contribution in [0.2, 0.25) is 0 Å². The van der Waals surface area contributed by atoms with Gasteiger partial charge >= 0.3 is 0 Å². The van der Waals surface area contributed by atoms with Crippen molar-refractivity contribution in [1.29, 1.82) is 0 Å². The van der Waals surface area contributed by atoms with Crippen molar-refractivity contribution in [3.8, 4) is 5.75 Å². The zero-order valence-electron chi connectivity index (χ0n) is 15.4. The number of rotatable bonds is 6. The highest BCUT2D eigenvalue weighted by Gasteiger charge is 2.25. The molecule has 0 saturated heterocycles. The average molecular weight is 366 g/mol. The first-order valence-corrected chi connectivity index (χ1v) is 8.91. The van der Waals surface area contributed by atoms with E-state index < -0.39 is 11.5 Å². The Hall–Kier alpha value is -3.22. The molecule has 27 heavy (non-hydrogen) atoms. The Bertz CT molecular complexity index is 1000. The fraction of sp³-hybridized carbons (Fsp3) is 0.300. The monoisotopic (exact) mass is 366 g/mol. The Morgan fingerprint density at radius 3 is 2.81 bits per heavy atom. The normalized spacial score (nSPS) is 12.1. The smallest absolute Gasteiger partial charge is 0.270 e. The lowest BCUT2D eigenvalue weighted by Gasteiger charge is -2.28. The zero-order chi connectivity index (χ0) is 19.4. The maximum atomic E-state index is 13.1. The van der Waals surface area contributed by atoms with E-state index in [0.29, 0.717) is 0 Å². The minimum Gasteiger partial charge on any atom is -0.504 e. The Balaban J connectivity index is 1.99. The van der Waals surface area contributed by atoms with Gasteiger partial charge in [0.15, 0.2) is 11.4 Å². The Labute approximate surface area is 156 Å². The summed E-state index contributed by atoms with van der Waals surface area (Å²) in [6.45, 7) is 2.09. The molecule has 0 radical (unpaired) electrons. The van der Waals surface area contributed by atoms with Crippen molar-refractivity contribution in [2.45, 2.75) is 32.2 Å². The topological polar surface area (TPSA) is 87.8 Å². The number of carbonyl (C=O) groups is 1. The fourth-order valence-electron chi connectivity index (χ4n) is 3.12. The summed E-state index contributed by atoms with van der Waals surface area (Å²) in [6.07, 6.45) is 8.86. The zero-order valence-corrected chi connectivity index (χ0v) is 15.4. The third-order valence-corrected chi connectivity index (χ3v) is 4.63. The van der Waals surface area contributed by atoms with Crippen LogP contribution >= 0.6 is 0 Å². The summed E-state index contributed by atoms with van der Waals surface area (Å²) in [7, 11) is 1.69. The van der Waals surface area contributed by atoms with Crippen LogP contribution in [0.5, 0.6) is 5.75 Å². The number of amides is 1. The number of hydrogen-bond acceptors (Lipinski definition) is 5. The van der Waals surface area contributed by atoms with Crippen LogP contribution in [0.15, 0.2) is 53.8 Å². The van der Waals surface area contributed by atoms with Crippen molar-refractivity contribution in [1.82, 2.24) is 19.3 Å². The molecule has 7 nitrogen and oxygen atoms in total. The summed E-state index contributed by atoms with van der Waals surface area (Å²) in [5.41, 5.74) is 0.504. The molecular formula is C20H22N4O3. The molecule has 0 spiro atoms. The van der Waals surface area contributed by atoms with Gasteiger partial charge in [-0.05, 0) is 30.2 Å². The number of unbranched alkanes of at least 4 members (excludes halogenated alkanes) is 1. The maximum Gasteiger partial charge on any atom is 0.270 e. The lowest BCUT2D eigenvalue weighted by atomic mass is 10.0. The number of hydrogen-bond donors (Lipinski definition) is 1. The number of nitrogens with zero attached hydrogens (tertiary/aromatic N) is 4. The van der Waals surface area contributed by atoms with Crippen LogP contribution < -0.4 is 5.56 Å². The number of aromatic hydroxyl groups is 1. The molecule has 0 saturated carbocycles. The quantitative estimate of drug-likeness (QED) is 0.725. The minimum absolute atomic E-state index is 0.0361. The average Bonchev–Trinajstić information content (AvgIpc) is 2.69. The second kappa shape index (κ2) is 7.99. The molecule has 1 atom stereocenters. The molecule has 0 fully saturated rings. The van der Waals surface area contributed by atoms with Crippen LogP contribution in [0, 0.1) is 0 Å². The Kier molecular flexibility index (Phi) is 5.49. The van der Waals surface area contributed by atoms with Gasteiger partial charge in [-0.15, -0.1) is 0 Å². The van der Waals surface area contributed by atoms with E-state index in [0.717, 1.165) is 24.8 Å². The summed E-state index contributed by atoms with van der Waals surface area (Å²) in [6, 6.07) is 6.56. The van der Waals surface area contributed by atoms with Gasteiger partial charge in [-0.25, -0.2) is 4.98 Å². The van der Waals surface area contributed by atoms with Crippen molar-refractivity contribution in [2.24, 2.45) is 0 Å². The van der Waals surface area contributed by atoms with E-state index in [9.17, 15) is 14.7 Å². The van der Waals surface area contributed by atoms with Gasteiger partial charge in [0.05, 0.1) is 6.04 Å². The standard InChI is InChI=1S/C20H22N4O3/c1-3-4-8-16(14-7-5-10-21-12-14)23(2)19(26)15-13-22-18-17(25)9-6-11-24(18)20(15)27/h5-7,9-13,16,25H,3-4,8H2,1-2H3/t16-/m1/s1. The first kappa shape index (κ1) is 18.6. The molecule has 1 N–H and O–H groups in total. The van der Waals surface area contributed by atoms with Gasteiger partial charge in [-0.1, -0.05) is 25.8 Å². The number of pyridine rings is 2. The van der Waals surface area contributed by atoms with Gasteiger partial charge in [0.25, 0.3) is 11.5 Å². The van der Waals surface area contributed by atoms with E-state index in [1.807, 2.05) is 12.1 Å². The minimum atomic E-state index is -0.506. The molecule has 0 aliphatic rings. The highest BCUT2D eigenvalue weighted by atomic mass is 16.3. The Morgan fingerprint density at radius 1 is 1.30 bits per heavy atom. The molecule has 140 valence electrons. The molecule has 0 aliphatic carbocycles. The predicted octanol–water partition coefficient (Wildman–Crippen LogP) is 2.80. The van der Waals surface area contributed by atoms with Crippen molar-refractivity contribution in [2.75, 3.05) is 7.05 Å². The molecule has 3 aromatic heterocycles. The van der Waals surface area contributed by atoms with Gasteiger partial charge in [0.2, 0.25) is 0 Å².